The van der Waals surface area contributed by atoms with Crippen molar-refractivity contribution in [1.82, 2.24) is 0 Å². The lowest BCUT2D eigenvalue weighted by Gasteiger charge is -2.04. The van der Waals surface area contributed by atoms with Gasteiger partial charge in [-0.15, -0.1) is 0 Å². The van der Waals surface area contributed by atoms with E-state index < -0.39 is 0 Å². The Hall–Kier alpha value is -1.48. The highest BCUT2D eigenvalue weighted by atomic mass is 16.7. The molecule has 0 radical (unpaired) electrons. The van der Waals surface area contributed by atoms with E-state index in [2.05, 4.69) is 9.47 Å². The predicted octanol–water partition coefficient (Wildman–Crippen LogP) is 1.18. The summed E-state index contributed by atoms with van der Waals surface area (Å²) in [6.07, 6.45) is 4.68. The van der Waals surface area contributed by atoms with Crippen molar-refractivity contribution in [1.29, 1.82) is 0 Å². The zero-order chi connectivity index (χ0) is 17.6. The molecule has 24 heavy (non-hydrogen) atoms. The summed E-state index contributed by atoms with van der Waals surface area (Å²) in [7, 11) is 0. The summed E-state index contributed by atoms with van der Waals surface area (Å²) >= 11 is 0. The van der Waals surface area contributed by atoms with E-state index in [-0.39, 0.29) is 24.5 Å². The predicted molar refractivity (Wildman–Crippen MR) is 83.0 cm³/mol. The van der Waals surface area contributed by atoms with E-state index in [4.69, 9.17) is 18.9 Å². The molecule has 2 saturated heterocycles. The number of hydrogen-bond donors (Lipinski definition) is 0. The third-order valence-corrected chi connectivity index (χ3v) is 2.87. The van der Waals surface area contributed by atoms with Crippen molar-refractivity contribution >= 4 is 11.9 Å². The number of ether oxygens (including phenoxy) is 6. The smallest absolute Gasteiger partial charge is 0.302 e. The summed E-state index contributed by atoms with van der Waals surface area (Å²) in [4.78, 5) is 20.6. The highest BCUT2D eigenvalue weighted by molar-refractivity contribution is 5.66. The molecule has 2 aliphatic rings. The number of esters is 2. The molecule has 8 nitrogen and oxygen atoms in total. The van der Waals surface area contributed by atoms with E-state index in [1.165, 1.54) is 13.8 Å². The molecule has 0 bridgehead atoms. The molecule has 138 valence electrons. The Balaban J connectivity index is 0.000000240. The van der Waals surface area contributed by atoms with Gasteiger partial charge in [0.05, 0.1) is 39.6 Å². The second-order valence-electron chi connectivity index (χ2n) is 4.99. The minimum Gasteiger partial charge on any atom is -0.466 e. The van der Waals surface area contributed by atoms with E-state index in [1.807, 2.05) is 12.2 Å². The lowest BCUT2D eigenvalue weighted by atomic mass is 10.3. The van der Waals surface area contributed by atoms with Gasteiger partial charge in [0.25, 0.3) is 0 Å². The number of rotatable bonds is 7. The number of unbranched alkanes of at least 4 members (excludes halogenated alkanes) is 1. The van der Waals surface area contributed by atoms with Crippen LogP contribution in [-0.2, 0) is 38.0 Å². The Morgan fingerprint density at radius 2 is 1.12 bits per heavy atom. The maximum absolute atomic E-state index is 10.3. The largest absolute Gasteiger partial charge is 0.466 e. The van der Waals surface area contributed by atoms with Gasteiger partial charge in [-0.3, -0.25) is 9.59 Å². The minimum atomic E-state index is -0.275. The van der Waals surface area contributed by atoms with Gasteiger partial charge in [-0.25, -0.2) is 0 Å². The van der Waals surface area contributed by atoms with Crippen LogP contribution in [0.25, 0.3) is 0 Å². The number of carbonyl (C=O) groups excluding carboxylic acids is 2. The van der Waals surface area contributed by atoms with E-state index >= 15 is 0 Å². The van der Waals surface area contributed by atoms with E-state index in [0.29, 0.717) is 39.6 Å². The van der Waals surface area contributed by atoms with Crippen molar-refractivity contribution in [3.63, 3.8) is 0 Å². The van der Waals surface area contributed by atoms with E-state index in [0.717, 1.165) is 12.8 Å². The topological polar surface area (TPSA) is 89.5 Å². The van der Waals surface area contributed by atoms with Gasteiger partial charge < -0.3 is 28.4 Å². The fraction of sp³-hybridized carbons (Fsp3) is 0.750. The fourth-order valence-electron chi connectivity index (χ4n) is 1.79. The Morgan fingerprint density at radius 3 is 1.42 bits per heavy atom. The van der Waals surface area contributed by atoms with E-state index in [1.54, 1.807) is 0 Å². The van der Waals surface area contributed by atoms with Crippen LogP contribution in [0, 0.1) is 0 Å². The van der Waals surface area contributed by atoms with Crippen molar-refractivity contribution in [3.05, 3.63) is 12.2 Å². The average molecular weight is 346 g/mol. The second-order valence-corrected chi connectivity index (χ2v) is 4.99. The SMILES string of the molecule is C(=CC1OCCO1)C1OCCO1.CC(=O)OCCCCOC(C)=O. The first-order chi connectivity index (χ1) is 11.6. The van der Waals surface area contributed by atoms with Crippen LogP contribution >= 0.6 is 0 Å². The molecule has 2 fully saturated rings. The summed E-state index contributed by atoms with van der Waals surface area (Å²) in [6, 6.07) is 0. The van der Waals surface area contributed by atoms with Gasteiger partial charge >= 0.3 is 11.9 Å². The van der Waals surface area contributed by atoms with Crippen molar-refractivity contribution < 1.29 is 38.0 Å². The van der Waals surface area contributed by atoms with Gasteiger partial charge in [0.2, 0.25) is 0 Å². The lowest BCUT2D eigenvalue weighted by molar-refractivity contribution is -0.143. The molecule has 0 aromatic heterocycles. The second kappa shape index (κ2) is 12.9. The normalized spacial score (nSPS) is 18.4. The maximum Gasteiger partial charge on any atom is 0.302 e. The Kier molecular flexibility index (Phi) is 11.0. The van der Waals surface area contributed by atoms with Crippen molar-refractivity contribution in [2.45, 2.75) is 39.3 Å². The van der Waals surface area contributed by atoms with Gasteiger partial charge in [-0.1, -0.05) is 0 Å². The van der Waals surface area contributed by atoms with Crippen molar-refractivity contribution in [2.75, 3.05) is 39.6 Å². The summed E-state index contributed by atoms with van der Waals surface area (Å²) in [6.45, 7) is 6.21. The first kappa shape index (κ1) is 20.6. The van der Waals surface area contributed by atoms with Gasteiger partial charge in [0, 0.05) is 13.8 Å². The molecule has 2 aliphatic heterocycles. The third kappa shape index (κ3) is 11.1. The molecule has 0 aromatic rings. The molecule has 0 amide bonds. The summed E-state index contributed by atoms with van der Waals surface area (Å²) < 4.78 is 30.1. The lowest BCUT2D eigenvalue weighted by Crippen LogP contribution is -2.07. The summed E-state index contributed by atoms with van der Waals surface area (Å²) in [5.41, 5.74) is 0. The van der Waals surface area contributed by atoms with Crippen LogP contribution in [-0.4, -0.2) is 64.2 Å². The first-order valence-electron chi connectivity index (χ1n) is 7.99. The highest BCUT2D eigenvalue weighted by Crippen LogP contribution is 2.09. The molecule has 0 unspecified atom stereocenters. The molecular formula is C16H26O8. The summed E-state index contributed by atoms with van der Waals surface area (Å²) in [5.74, 6) is -0.551. The third-order valence-electron chi connectivity index (χ3n) is 2.87. The molecule has 2 rings (SSSR count). The highest BCUT2D eigenvalue weighted by Gasteiger charge is 2.15. The average Bonchev–Trinajstić information content (AvgIpc) is 3.21. The van der Waals surface area contributed by atoms with Crippen LogP contribution < -0.4 is 0 Å². The van der Waals surface area contributed by atoms with Crippen molar-refractivity contribution in [2.24, 2.45) is 0 Å². The molecule has 0 atom stereocenters. The van der Waals surface area contributed by atoms with Crippen molar-refractivity contribution in [3.8, 4) is 0 Å². The maximum atomic E-state index is 10.3. The molecule has 8 heteroatoms. The van der Waals surface area contributed by atoms with Crippen LogP contribution in [0.4, 0.5) is 0 Å². The standard InChI is InChI=1S/C8H12O4.C8H14O4/c1(7-9-3-4-10-7)2-8-11-5-6-12-8;1-7(9)11-5-3-4-6-12-8(2)10/h1-2,7-8H,3-6H2;3-6H2,1-2H3. The molecule has 0 saturated carbocycles. The molecule has 2 heterocycles. The molecule has 0 spiro atoms. The van der Waals surface area contributed by atoms with Gasteiger partial charge in [-0.05, 0) is 25.0 Å². The van der Waals surface area contributed by atoms with Gasteiger partial charge in [-0.2, -0.15) is 0 Å². The van der Waals surface area contributed by atoms with Crippen LogP contribution in [0.3, 0.4) is 0 Å². The minimum absolute atomic E-state index is 0.210. The zero-order valence-corrected chi connectivity index (χ0v) is 14.2. The first-order valence-corrected chi connectivity index (χ1v) is 7.99. The molecule has 0 aliphatic carbocycles. The fourth-order valence-corrected chi connectivity index (χ4v) is 1.79. The number of carbonyl (C=O) groups is 2. The van der Waals surface area contributed by atoms with Crippen LogP contribution in [0.1, 0.15) is 26.7 Å². The van der Waals surface area contributed by atoms with Gasteiger partial charge in [0.15, 0.2) is 12.6 Å². The van der Waals surface area contributed by atoms with Crippen LogP contribution in [0.15, 0.2) is 12.2 Å². The molecular weight excluding hydrogens is 320 g/mol. The molecule has 0 aromatic carbocycles. The molecule has 0 N–H and O–H groups in total. The summed E-state index contributed by atoms with van der Waals surface area (Å²) in [5, 5.41) is 0. The van der Waals surface area contributed by atoms with Gasteiger partial charge in [0.1, 0.15) is 0 Å². The van der Waals surface area contributed by atoms with E-state index in [9.17, 15) is 9.59 Å². The number of hydrogen-bond acceptors (Lipinski definition) is 8. The Labute approximate surface area is 142 Å². The Bertz CT molecular complexity index is 348. The van der Waals surface area contributed by atoms with Crippen LogP contribution in [0.5, 0.6) is 0 Å². The zero-order valence-electron chi connectivity index (χ0n) is 14.2. The Morgan fingerprint density at radius 1 is 0.792 bits per heavy atom. The van der Waals surface area contributed by atoms with Crippen LogP contribution in [0.2, 0.25) is 0 Å². The monoisotopic (exact) mass is 346 g/mol. The quantitative estimate of drug-likeness (QED) is 0.386.